The van der Waals surface area contributed by atoms with Gasteiger partial charge in [-0.05, 0) is 13.0 Å². The highest BCUT2D eigenvalue weighted by Gasteiger charge is 2.39. The van der Waals surface area contributed by atoms with Gasteiger partial charge in [0.1, 0.15) is 5.75 Å². The van der Waals surface area contributed by atoms with Crippen LogP contribution in [-0.2, 0) is 4.79 Å². The maximum absolute atomic E-state index is 13.6. The first kappa shape index (κ1) is 14.9. The Morgan fingerprint density at radius 3 is 2.26 bits per heavy atom. The molecule has 1 amide bonds. The Morgan fingerprint density at radius 1 is 1.26 bits per heavy atom. The van der Waals surface area contributed by atoms with E-state index in [9.17, 15) is 27.2 Å². The van der Waals surface area contributed by atoms with Crippen LogP contribution in [0.4, 0.5) is 23.2 Å². The van der Waals surface area contributed by atoms with E-state index < -0.39 is 34.9 Å². The molecule has 0 aromatic heterocycles. The number of benzene rings is 1. The molecule has 1 aromatic carbocycles. The lowest BCUT2D eigenvalue weighted by Gasteiger charge is -2.13. The first-order valence-electron chi connectivity index (χ1n) is 4.93. The van der Waals surface area contributed by atoms with Crippen LogP contribution in [0, 0.1) is 5.82 Å². The molecule has 1 rings (SSSR count). The molecular weight excluding hydrogens is 270 g/mol. The molecule has 0 bridgehead atoms. The highest BCUT2D eigenvalue weighted by atomic mass is 19.4. The Balaban J connectivity index is 3.27. The molecule has 1 N–H and O–H groups in total. The summed E-state index contributed by atoms with van der Waals surface area (Å²) >= 11 is 0. The van der Waals surface area contributed by atoms with Crippen LogP contribution in [0.25, 0.3) is 0 Å². The molecule has 0 heterocycles. The molecular formula is C11H9F4NO3. The van der Waals surface area contributed by atoms with Gasteiger partial charge in [-0.3, -0.25) is 9.59 Å². The van der Waals surface area contributed by atoms with Gasteiger partial charge in [0, 0.05) is 11.6 Å². The Labute approximate surface area is 105 Å². The first-order chi connectivity index (χ1) is 8.66. The van der Waals surface area contributed by atoms with E-state index >= 15 is 0 Å². The van der Waals surface area contributed by atoms with Crippen LogP contribution >= 0.6 is 0 Å². The second-order valence-corrected chi connectivity index (χ2v) is 3.54. The lowest BCUT2D eigenvalue weighted by atomic mass is 10.1. The molecule has 1 aromatic rings. The van der Waals surface area contributed by atoms with Gasteiger partial charge in [0.25, 0.3) is 0 Å². The smallest absolute Gasteiger partial charge is 0.471 e. The Kier molecular flexibility index (Phi) is 4.13. The van der Waals surface area contributed by atoms with E-state index in [0.29, 0.717) is 0 Å². The number of anilines is 1. The summed E-state index contributed by atoms with van der Waals surface area (Å²) in [5.74, 6) is -4.32. The summed E-state index contributed by atoms with van der Waals surface area (Å²) in [6, 6.07) is 1.80. The predicted molar refractivity (Wildman–Crippen MR) is 57.6 cm³/mol. The summed E-state index contributed by atoms with van der Waals surface area (Å²) in [6.45, 7) is 1.03. The molecule has 0 aliphatic heterocycles. The Hall–Kier alpha value is -2.12. The highest BCUT2D eigenvalue weighted by Crippen LogP contribution is 2.28. The SMILES string of the molecule is COc1cc(F)c(NC(=O)C(F)(F)F)c(C(C)=O)c1. The van der Waals surface area contributed by atoms with Gasteiger partial charge in [0.05, 0.1) is 12.8 Å². The topological polar surface area (TPSA) is 55.4 Å². The zero-order valence-corrected chi connectivity index (χ0v) is 9.89. The van der Waals surface area contributed by atoms with Crippen LogP contribution < -0.4 is 10.1 Å². The zero-order valence-electron chi connectivity index (χ0n) is 9.89. The van der Waals surface area contributed by atoms with Crippen molar-refractivity contribution in [2.45, 2.75) is 13.1 Å². The van der Waals surface area contributed by atoms with Crippen molar-refractivity contribution in [2.24, 2.45) is 0 Å². The number of alkyl halides is 3. The van der Waals surface area contributed by atoms with Gasteiger partial charge in [0.2, 0.25) is 0 Å². The fourth-order valence-electron chi connectivity index (χ4n) is 1.29. The van der Waals surface area contributed by atoms with Gasteiger partial charge >= 0.3 is 12.1 Å². The maximum Gasteiger partial charge on any atom is 0.471 e. The number of Topliss-reactive ketones (excluding diaryl/α,β-unsaturated/α-hetero) is 1. The minimum absolute atomic E-state index is 0.0484. The van der Waals surface area contributed by atoms with Crippen LogP contribution in [-0.4, -0.2) is 25.0 Å². The number of hydrogen-bond donors (Lipinski definition) is 1. The number of rotatable bonds is 3. The molecule has 0 radical (unpaired) electrons. The van der Waals surface area contributed by atoms with Gasteiger partial charge in [-0.15, -0.1) is 0 Å². The fraction of sp³-hybridized carbons (Fsp3) is 0.273. The quantitative estimate of drug-likeness (QED) is 0.683. The lowest BCUT2D eigenvalue weighted by Crippen LogP contribution is -2.31. The Morgan fingerprint density at radius 2 is 1.84 bits per heavy atom. The van der Waals surface area contributed by atoms with E-state index in [1.807, 2.05) is 0 Å². The molecule has 4 nitrogen and oxygen atoms in total. The number of halogens is 4. The Bertz CT molecular complexity index is 525. The van der Waals surface area contributed by atoms with Crippen molar-refractivity contribution in [1.29, 1.82) is 0 Å². The van der Waals surface area contributed by atoms with Crippen LogP contribution in [0.5, 0.6) is 5.75 Å². The molecule has 104 valence electrons. The number of carbonyl (C=O) groups excluding carboxylic acids is 2. The summed E-state index contributed by atoms with van der Waals surface area (Å²) < 4.78 is 54.6. The number of methoxy groups -OCH3 is 1. The molecule has 0 atom stereocenters. The van der Waals surface area contributed by atoms with Crippen molar-refractivity contribution >= 4 is 17.4 Å². The first-order valence-corrected chi connectivity index (χ1v) is 4.93. The van der Waals surface area contributed by atoms with Crippen LogP contribution in [0.15, 0.2) is 12.1 Å². The van der Waals surface area contributed by atoms with Gasteiger partial charge in [0.15, 0.2) is 11.6 Å². The average Bonchev–Trinajstić information content (AvgIpc) is 2.29. The van der Waals surface area contributed by atoms with Crippen molar-refractivity contribution in [3.05, 3.63) is 23.5 Å². The number of carbonyl (C=O) groups is 2. The monoisotopic (exact) mass is 279 g/mol. The van der Waals surface area contributed by atoms with E-state index in [2.05, 4.69) is 4.74 Å². The summed E-state index contributed by atoms with van der Waals surface area (Å²) in [5.41, 5.74) is -1.23. The normalized spacial score (nSPS) is 11.1. The van der Waals surface area contributed by atoms with Gasteiger partial charge < -0.3 is 10.1 Å². The van der Waals surface area contributed by atoms with Crippen molar-refractivity contribution in [1.82, 2.24) is 0 Å². The van der Waals surface area contributed by atoms with Crippen molar-refractivity contribution in [3.8, 4) is 5.75 Å². The number of ether oxygens (including phenoxy) is 1. The third-order valence-electron chi connectivity index (χ3n) is 2.17. The summed E-state index contributed by atoms with van der Waals surface area (Å²) in [4.78, 5) is 22.0. The van der Waals surface area contributed by atoms with E-state index in [0.717, 1.165) is 19.1 Å². The molecule has 0 saturated heterocycles. The molecule has 0 aliphatic carbocycles. The molecule has 0 spiro atoms. The zero-order chi connectivity index (χ0) is 14.8. The number of amides is 1. The number of nitrogens with one attached hydrogen (secondary N) is 1. The van der Waals surface area contributed by atoms with Gasteiger partial charge in [-0.1, -0.05) is 0 Å². The molecule has 0 saturated carbocycles. The van der Waals surface area contributed by atoms with Crippen molar-refractivity contribution in [2.75, 3.05) is 12.4 Å². The van der Waals surface area contributed by atoms with Crippen LogP contribution in [0.2, 0.25) is 0 Å². The predicted octanol–water partition coefficient (Wildman–Crippen LogP) is 2.54. The summed E-state index contributed by atoms with van der Waals surface area (Å²) in [7, 11) is 1.20. The molecule has 0 aliphatic rings. The summed E-state index contributed by atoms with van der Waals surface area (Å²) in [6.07, 6.45) is -5.18. The highest BCUT2D eigenvalue weighted by molar-refractivity contribution is 6.05. The fourth-order valence-corrected chi connectivity index (χ4v) is 1.29. The second kappa shape index (κ2) is 5.25. The lowest BCUT2D eigenvalue weighted by molar-refractivity contribution is -0.167. The van der Waals surface area contributed by atoms with E-state index in [1.54, 1.807) is 0 Å². The number of hydrogen-bond acceptors (Lipinski definition) is 3. The largest absolute Gasteiger partial charge is 0.497 e. The third-order valence-corrected chi connectivity index (χ3v) is 2.17. The van der Waals surface area contributed by atoms with Gasteiger partial charge in [-0.2, -0.15) is 13.2 Å². The van der Waals surface area contributed by atoms with Crippen LogP contribution in [0.3, 0.4) is 0 Å². The summed E-state index contributed by atoms with van der Waals surface area (Å²) in [5, 5.41) is 1.34. The molecule has 19 heavy (non-hydrogen) atoms. The van der Waals surface area contributed by atoms with Crippen LogP contribution in [0.1, 0.15) is 17.3 Å². The number of ketones is 1. The van der Waals surface area contributed by atoms with Crippen molar-refractivity contribution in [3.63, 3.8) is 0 Å². The standard InChI is InChI=1S/C11H9F4NO3/c1-5(17)7-3-6(19-2)4-8(12)9(7)16-10(18)11(13,14)15/h3-4H,1-2H3,(H,16,18). The average molecular weight is 279 g/mol. The van der Waals surface area contributed by atoms with E-state index in [1.165, 1.54) is 12.4 Å². The second-order valence-electron chi connectivity index (χ2n) is 3.54. The molecule has 8 heteroatoms. The van der Waals surface area contributed by atoms with E-state index in [-0.39, 0.29) is 5.75 Å². The maximum atomic E-state index is 13.6. The minimum Gasteiger partial charge on any atom is -0.497 e. The van der Waals surface area contributed by atoms with Crippen molar-refractivity contribution < 1.29 is 31.9 Å². The minimum atomic E-state index is -5.18. The van der Waals surface area contributed by atoms with Gasteiger partial charge in [-0.25, -0.2) is 4.39 Å². The molecule has 0 unspecified atom stereocenters. The molecule has 0 fully saturated rings. The third kappa shape index (κ3) is 3.43. The van der Waals surface area contributed by atoms with E-state index in [4.69, 9.17) is 0 Å².